The van der Waals surface area contributed by atoms with E-state index in [0.29, 0.717) is 11.5 Å². The van der Waals surface area contributed by atoms with Crippen LogP contribution in [0.25, 0.3) is 0 Å². The summed E-state index contributed by atoms with van der Waals surface area (Å²) < 4.78 is 1.30. The van der Waals surface area contributed by atoms with Crippen molar-refractivity contribution < 1.29 is 0 Å². The molecular weight excluding hydrogens is 309 g/mol. The highest BCUT2D eigenvalue weighted by Gasteiger charge is 2.26. The molecule has 0 saturated carbocycles. The van der Waals surface area contributed by atoms with Gasteiger partial charge in [-0.3, -0.25) is 0 Å². The van der Waals surface area contributed by atoms with Gasteiger partial charge >= 0.3 is 0 Å². The highest BCUT2D eigenvalue weighted by Crippen LogP contribution is 2.27. The van der Waals surface area contributed by atoms with Crippen LogP contribution < -0.4 is 5.32 Å². The molecule has 0 aliphatic heterocycles. The zero-order chi connectivity index (χ0) is 12.2. The number of halogens is 1. The largest absolute Gasteiger partial charge is 0.316 e. The summed E-state index contributed by atoms with van der Waals surface area (Å²) >= 11 is 2.35. The lowest BCUT2D eigenvalue weighted by molar-refractivity contribution is 0.240. The van der Waals surface area contributed by atoms with Gasteiger partial charge in [0.2, 0.25) is 0 Å². The monoisotopic (exact) mass is 331 g/mol. The number of hydrogen-bond acceptors (Lipinski definition) is 1. The Morgan fingerprint density at radius 3 is 2.25 bits per heavy atom. The van der Waals surface area contributed by atoms with Crippen molar-refractivity contribution in [3.63, 3.8) is 0 Å². The van der Waals surface area contributed by atoms with Gasteiger partial charge in [-0.05, 0) is 65.6 Å². The molecule has 16 heavy (non-hydrogen) atoms. The standard InChI is InChI=1S/C14H22IN/c1-5-14(2,3)13(16-4)10-11-6-8-12(15)9-7-11/h6-9,13,16H,5,10H2,1-4H3. The molecule has 1 N–H and O–H groups in total. The van der Waals surface area contributed by atoms with Gasteiger partial charge in [0.15, 0.2) is 0 Å². The van der Waals surface area contributed by atoms with Crippen LogP contribution in [-0.4, -0.2) is 13.1 Å². The van der Waals surface area contributed by atoms with Gasteiger partial charge in [-0.1, -0.05) is 32.9 Å². The molecule has 0 amide bonds. The van der Waals surface area contributed by atoms with E-state index in [1.807, 2.05) is 0 Å². The topological polar surface area (TPSA) is 12.0 Å². The van der Waals surface area contributed by atoms with Crippen LogP contribution in [0, 0.1) is 8.99 Å². The van der Waals surface area contributed by atoms with Gasteiger partial charge in [-0.25, -0.2) is 0 Å². The molecule has 0 saturated heterocycles. The minimum Gasteiger partial charge on any atom is -0.316 e. The van der Waals surface area contributed by atoms with Crippen molar-refractivity contribution in [2.45, 2.75) is 39.7 Å². The quantitative estimate of drug-likeness (QED) is 0.808. The fourth-order valence-electron chi connectivity index (χ4n) is 1.87. The zero-order valence-corrected chi connectivity index (χ0v) is 12.8. The molecule has 90 valence electrons. The molecule has 0 aromatic heterocycles. The minimum atomic E-state index is 0.345. The second kappa shape index (κ2) is 6.01. The maximum atomic E-state index is 3.45. The predicted octanol–water partition coefficient (Wildman–Crippen LogP) is 3.86. The van der Waals surface area contributed by atoms with Crippen molar-refractivity contribution in [2.24, 2.45) is 5.41 Å². The van der Waals surface area contributed by atoms with E-state index in [1.54, 1.807) is 0 Å². The first-order chi connectivity index (χ1) is 7.49. The Bertz CT molecular complexity index is 316. The summed E-state index contributed by atoms with van der Waals surface area (Å²) in [4.78, 5) is 0. The van der Waals surface area contributed by atoms with E-state index in [2.05, 4.69) is 80.0 Å². The Labute approximate surface area is 113 Å². The fourth-order valence-corrected chi connectivity index (χ4v) is 2.23. The van der Waals surface area contributed by atoms with Gasteiger partial charge in [-0.2, -0.15) is 0 Å². The van der Waals surface area contributed by atoms with Gasteiger partial charge in [-0.15, -0.1) is 0 Å². The summed E-state index contributed by atoms with van der Waals surface area (Å²) in [7, 11) is 2.06. The molecule has 1 atom stereocenters. The second-order valence-electron chi connectivity index (χ2n) is 5.01. The summed E-state index contributed by atoms with van der Waals surface area (Å²) in [5.74, 6) is 0. The summed E-state index contributed by atoms with van der Waals surface area (Å²) in [6.45, 7) is 6.93. The predicted molar refractivity (Wildman–Crippen MR) is 79.8 cm³/mol. The Hall–Kier alpha value is -0.0900. The van der Waals surface area contributed by atoms with Crippen LogP contribution in [0.2, 0.25) is 0 Å². The van der Waals surface area contributed by atoms with Gasteiger partial charge in [0.1, 0.15) is 0 Å². The molecule has 0 aliphatic rings. The molecule has 1 aromatic carbocycles. The molecule has 1 aromatic rings. The first-order valence-electron chi connectivity index (χ1n) is 5.91. The maximum absolute atomic E-state index is 3.45. The molecular formula is C14H22IN. The highest BCUT2D eigenvalue weighted by atomic mass is 127. The van der Waals surface area contributed by atoms with Crippen LogP contribution in [0.15, 0.2) is 24.3 Å². The molecule has 2 heteroatoms. The average Bonchev–Trinajstić information content (AvgIpc) is 2.28. The normalized spacial score (nSPS) is 13.8. The number of hydrogen-bond donors (Lipinski definition) is 1. The van der Waals surface area contributed by atoms with Crippen molar-refractivity contribution in [2.75, 3.05) is 7.05 Å². The molecule has 0 heterocycles. The smallest absolute Gasteiger partial charge is 0.0155 e. The van der Waals surface area contributed by atoms with E-state index in [0.717, 1.165) is 6.42 Å². The average molecular weight is 331 g/mol. The Morgan fingerprint density at radius 1 is 1.25 bits per heavy atom. The van der Waals surface area contributed by atoms with Crippen molar-refractivity contribution in [3.8, 4) is 0 Å². The maximum Gasteiger partial charge on any atom is 0.0155 e. The second-order valence-corrected chi connectivity index (χ2v) is 6.26. The van der Waals surface area contributed by atoms with E-state index in [1.165, 1.54) is 15.6 Å². The van der Waals surface area contributed by atoms with Gasteiger partial charge in [0, 0.05) is 9.61 Å². The van der Waals surface area contributed by atoms with Crippen LogP contribution >= 0.6 is 22.6 Å². The van der Waals surface area contributed by atoms with E-state index in [-0.39, 0.29) is 0 Å². The lowest BCUT2D eigenvalue weighted by atomic mass is 9.79. The molecule has 0 fully saturated rings. The lowest BCUT2D eigenvalue weighted by Crippen LogP contribution is -2.41. The van der Waals surface area contributed by atoms with Crippen molar-refractivity contribution in [1.29, 1.82) is 0 Å². The summed E-state index contributed by atoms with van der Waals surface area (Å²) in [5.41, 5.74) is 1.76. The third-order valence-electron chi connectivity index (χ3n) is 3.56. The number of benzene rings is 1. The molecule has 0 bridgehead atoms. The highest BCUT2D eigenvalue weighted by molar-refractivity contribution is 14.1. The lowest BCUT2D eigenvalue weighted by Gasteiger charge is -2.33. The van der Waals surface area contributed by atoms with Crippen LogP contribution in [0.3, 0.4) is 0 Å². The van der Waals surface area contributed by atoms with E-state index in [4.69, 9.17) is 0 Å². The third-order valence-corrected chi connectivity index (χ3v) is 4.28. The Balaban J connectivity index is 2.74. The number of nitrogens with one attached hydrogen (secondary N) is 1. The molecule has 1 rings (SSSR count). The number of rotatable bonds is 5. The van der Waals surface area contributed by atoms with Crippen LogP contribution in [0.1, 0.15) is 32.8 Å². The third kappa shape index (κ3) is 3.74. The van der Waals surface area contributed by atoms with Crippen LogP contribution in [0.4, 0.5) is 0 Å². The minimum absolute atomic E-state index is 0.345. The first-order valence-corrected chi connectivity index (χ1v) is 6.99. The molecule has 0 radical (unpaired) electrons. The Kier molecular flexibility index (Phi) is 5.25. The SMILES string of the molecule is CCC(C)(C)C(Cc1ccc(I)cc1)NC. The van der Waals surface area contributed by atoms with Crippen LogP contribution in [-0.2, 0) is 6.42 Å². The van der Waals surface area contributed by atoms with Gasteiger partial charge < -0.3 is 5.32 Å². The van der Waals surface area contributed by atoms with Gasteiger partial charge in [0.25, 0.3) is 0 Å². The van der Waals surface area contributed by atoms with Gasteiger partial charge in [0.05, 0.1) is 0 Å². The summed E-state index contributed by atoms with van der Waals surface area (Å²) in [5, 5.41) is 3.45. The molecule has 0 spiro atoms. The molecule has 0 aliphatic carbocycles. The summed E-state index contributed by atoms with van der Waals surface area (Å²) in [6, 6.07) is 9.37. The number of likely N-dealkylation sites (N-methyl/N-ethyl adjacent to an activating group) is 1. The molecule has 1 nitrogen and oxygen atoms in total. The molecule has 1 unspecified atom stereocenters. The first kappa shape index (κ1) is 14.0. The van der Waals surface area contributed by atoms with E-state index in [9.17, 15) is 0 Å². The summed E-state index contributed by atoms with van der Waals surface area (Å²) in [6.07, 6.45) is 2.30. The van der Waals surface area contributed by atoms with E-state index < -0.39 is 0 Å². The van der Waals surface area contributed by atoms with Crippen molar-refractivity contribution in [3.05, 3.63) is 33.4 Å². The van der Waals surface area contributed by atoms with Crippen LogP contribution in [0.5, 0.6) is 0 Å². The fraction of sp³-hybridized carbons (Fsp3) is 0.571. The van der Waals surface area contributed by atoms with Crippen molar-refractivity contribution >= 4 is 22.6 Å². The zero-order valence-electron chi connectivity index (χ0n) is 10.7. The Morgan fingerprint density at radius 2 is 1.81 bits per heavy atom. The van der Waals surface area contributed by atoms with Crippen molar-refractivity contribution in [1.82, 2.24) is 5.32 Å². The van der Waals surface area contributed by atoms with E-state index >= 15 is 0 Å².